The van der Waals surface area contributed by atoms with Crippen LogP contribution in [0.25, 0.3) is 0 Å². The van der Waals surface area contributed by atoms with Crippen LogP contribution in [-0.2, 0) is 4.79 Å². The second-order valence-corrected chi connectivity index (χ2v) is 4.82. The standard InChI is InChI=1S/C10H22N2O2S/c1-9(10(14)12(2)3)11-5-8-15-7-4-6-13/h9,11,13H,4-8H2,1-3H3. The first-order chi connectivity index (χ1) is 7.09. The van der Waals surface area contributed by atoms with E-state index in [4.69, 9.17) is 5.11 Å². The van der Waals surface area contributed by atoms with Crippen molar-refractivity contribution in [1.82, 2.24) is 10.2 Å². The summed E-state index contributed by atoms with van der Waals surface area (Å²) in [5.74, 6) is 2.06. The van der Waals surface area contributed by atoms with Crippen LogP contribution in [0.1, 0.15) is 13.3 Å². The van der Waals surface area contributed by atoms with Gasteiger partial charge in [-0.05, 0) is 19.1 Å². The van der Waals surface area contributed by atoms with Gasteiger partial charge in [-0.1, -0.05) is 0 Å². The summed E-state index contributed by atoms with van der Waals surface area (Å²) in [5.41, 5.74) is 0. The summed E-state index contributed by atoms with van der Waals surface area (Å²) >= 11 is 1.79. The number of nitrogens with one attached hydrogen (secondary N) is 1. The van der Waals surface area contributed by atoms with Crippen molar-refractivity contribution in [1.29, 1.82) is 0 Å². The molecule has 0 heterocycles. The Labute approximate surface area is 96.4 Å². The van der Waals surface area contributed by atoms with Crippen LogP contribution < -0.4 is 5.32 Å². The maximum atomic E-state index is 11.4. The minimum absolute atomic E-state index is 0.107. The van der Waals surface area contributed by atoms with Crippen LogP contribution in [0.5, 0.6) is 0 Å². The van der Waals surface area contributed by atoms with Gasteiger partial charge in [0, 0.05) is 33.0 Å². The summed E-state index contributed by atoms with van der Waals surface area (Å²) in [5, 5.41) is 11.7. The highest BCUT2D eigenvalue weighted by atomic mass is 32.2. The molecule has 90 valence electrons. The largest absolute Gasteiger partial charge is 0.396 e. The molecule has 1 atom stereocenters. The molecule has 0 saturated heterocycles. The molecular formula is C10H22N2O2S. The van der Waals surface area contributed by atoms with Gasteiger partial charge in [-0.3, -0.25) is 4.79 Å². The third-order valence-electron chi connectivity index (χ3n) is 1.95. The minimum Gasteiger partial charge on any atom is -0.396 e. The van der Waals surface area contributed by atoms with E-state index in [1.54, 1.807) is 30.8 Å². The maximum absolute atomic E-state index is 11.4. The van der Waals surface area contributed by atoms with Crippen LogP contribution in [0.3, 0.4) is 0 Å². The second kappa shape index (κ2) is 9.00. The van der Waals surface area contributed by atoms with E-state index in [1.165, 1.54) is 0 Å². The quantitative estimate of drug-likeness (QED) is 0.588. The van der Waals surface area contributed by atoms with Crippen molar-refractivity contribution in [2.45, 2.75) is 19.4 Å². The number of aliphatic hydroxyl groups is 1. The summed E-state index contributed by atoms with van der Waals surface area (Å²) < 4.78 is 0. The monoisotopic (exact) mass is 234 g/mol. The van der Waals surface area contributed by atoms with Crippen molar-refractivity contribution in [3.8, 4) is 0 Å². The molecule has 0 aromatic rings. The van der Waals surface area contributed by atoms with Gasteiger partial charge in [0.15, 0.2) is 0 Å². The Bertz CT molecular complexity index is 177. The van der Waals surface area contributed by atoms with E-state index in [-0.39, 0.29) is 18.6 Å². The molecule has 0 aromatic carbocycles. The molecule has 1 unspecified atom stereocenters. The number of carbonyl (C=O) groups is 1. The molecule has 0 fully saturated rings. The first-order valence-electron chi connectivity index (χ1n) is 5.22. The first kappa shape index (κ1) is 14.7. The van der Waals surface area contributed by atoms with Crippen molar-refractivity contribution in [2.24, 2.45) is 0 Å². The lowest BCUT2D eigenvalue weighted by molar-refractivity contribution is -0.130. The number of aliphatic hydroxyl groups excluding tert-OH is 1. The molecule has 1 amide bonds. The van der Waals surface area contributed by atoms with E-state index in [9.17, 15) is 4.79 Å². The Morgan fingerprint density at radius 2 is 2.13 bits per heavy atom. The molecule has 15 heavy (non-hydrogen) atoms. The van der Waals surface area contributed by atoms with E-state index in [2.05, 4.69) is 5.32 Å². The number of thioether (sulfide) groups is 1. The average Bonchev–Trinajstić information content (AvgIpc) is 2.21. The molecule has 0 radical (unpaired) electrons. The van der Waals surface area contributed by atoms with E-state index in [0.717, 1.165) is 24.5 Å². The Morgan fingerprint density at radius 3 is 2.67 bits per heavy atom. The molecule has 0 rings (SSSR count). The third kappa shape index (κ3) is 7.64. The van der Waals surface area contributed by atoms with Gasteiger partial charge in [0.05, 0.1) is 6.04 Å². The lowest BCUT2D eigenvalue weighted by Gasteiger charge is -2.17. The average molecular weight is 234 g/mol. The van der Waals surface area contributed by atoms with Crippen LogP contribution in [0, 0.1) is 0 Å². The van der Waals surface area contributed by atoms with Gasteiger partial charge < -0.3 is 15.3 Å². The fourth-order valence-electron chi connectivity index (χ4n) is 1.09. The molecule has 4 nitrogen and oxygen atoms in total. The number of carbonyl (C=O) groups excluding carboxylic acids is 1. The van der Waals surface area contributed by atoms with Gasteiger partial charge >= 0.3 is 0 Å². The normalized spacial score (nSPS) is 12.5. The fourth-order valence-corrected chi connectivity index (χ4v) is 1.89. The van der Waals surface area contributed by atoms with Gasteiger partial charge in [-0.25, -0.2) is 0 Å². The minimum atomic E-state index is -0.113. The third-order valence-corrected chi connectivity index (χ3v) is 3.03. The number of rotatable bonds is 8. The molecule has 0 aromatic heterocycles. The number of hydrogen-bond donors (Lipinski definition) is 2. The summed E-state index contributed by atoms with van der Waals surface area (Å²) in [7, 11) is 3.52. The number of nitrogens with zero attached hydrogens (tertiary/aromatic N) is 1. The fraction of sp³-hybridized carbons (Fsp3) is 0.900. The zero-order valence-electron chi connectivity index (χ0n) is 9.82. The van der Waals surface area contributed by atoms with Crippen LogP contribution in [0.2, 0.25) is 0 Å². The predicted molar refractivity (Wildman–Crippen MR) is 65.2 cm³/mol. The number of amides is 1. The Balaban J connectivity index is 3.39. The molecule has 0 aliphatic rings. The molecule has 0 spiro atoms. The Hall–Kier alpha value is -0.260. The Morgan fingerprint density at radius 1 is 1.47 bits per heavy atom. The highest BCUT2D eigenvalue weighted by Gasteiger charge is 2.12. The van der Waals surface area contributed by atoms with Gasteiger partial charge in [-0.15, -0.1) is 0 Å². The van der Waals surface area contributed by atoms with Crippen molar-refractivity contribution in [2.75, 3.05) is 38.8 Å². The molecule has 5 heteroatoms. The highest BCUT2D eigenvalue weighted by molar-refractivity contribution is 7.99. The second-order valence-electron chi connectivity index (χ2n) is 3.60. The van der Waals surface area contributed by atoms with Crippen LogP contribution in [0.4, 0.5) is 0 Å². The highest BCUT2D eigenvalue weighted by Crippen LogP contribution is 2.00. The van der Waals surface area contributed by atoms with Gasteiger partial charge in [0.25, 0.3) is 0 Å². The lowest BCUT2D eigenvalue weighted by atomic mass is 10.3. The zero-order valence-corrected chi connectivity index (χ0v) is 10.6. The molecule has 0 bridgehead atoms. The lowest BCUT2D eigenvalue weighted by Crippen LogP contribution is -2.42. The number of likely N-dealkylation sites (N-methyl/N-ethyl adjacent to an activating group) is 1. The van der Waals surface area contributed by atoms with E-state index >= 15 is 0 Å². The SMILES string of the molecule is CC(NCCSCCCO)C(=O)N(C)C. The van der Waals surface area contributed by atoms with Crippen LogP contribution in [-0.4, -0.2) is 60.7 Å². The van der Waals surface area contributed by atoms with E-state index in [1.807, 2.05) is 6.92 Å². The number of hydrogen-bond acceptors (Lipinski definition) is 4. The zero-order chi connectivity index (χ0) is 11.7. The molecule has 2 N–H and O–H groups in total. The summed E-state index contributed by atoms with van der Waals surface area (Å²) in [6.07, 6.45) is 0.844. The van der Waals surface area contributed by atoms with Gasteiger partial charge in [-0.2, -0.15) is 11.8 Å². The van der Waals surface area contributed by atoms with E-state index < -0.39 is 0 Å². The summed E-state index contributed by atoms with van der Waals surface area (Å²) in [4.78, 5) is 13.0. The smallest absolute Gasteiger partial charge is 0.238 e. The Kier molecular flexibility index (Phi) is 8.85. The van der Waals surface area contributed by atoms with Gasteiger partial charge in [0.2, 0.25) is 5.91 Å². The van der Waals surface area contributed by atoms with Crippen molar-refractivity contribution in [3.05, 3.63) is 0 Å². The van der Waals surface area contributed by atoms with Crippen molar-refractivity contribution in [3.63, 3.8) is 0 Å². The molecule has 0 saturated carbocycles. The first-order valence-corrected chi connectivity index (χ1v) is 6.38. The molecule has 0 aliphatic heterocycles. The molecule has 0 aliphatic carbocycles. The summed E-state index contributed by atoms with van der Waals surface area (Å²) in [6.45, 7) is 2.97. The van der Waals surface area contributed by atoms with Crippen LogP contribution >= 0.6 is 11.8 Å². The van der Waals surface area contributed by atoms with Crippen molar-refractivity contribution >= 4 is 17.7 Å². The van der Waals surface area contributed by atoms with E-state index in [0.29, 0.717) is 0 Å². The predicted octanol–water partition coefficient (Wildman–Crippen LogP) is 0.168. The van der Waals surface area contributed by atoms with Gasteiger partial charge in [0.1, 0.15) is 0 Å². The van der Waals surface area contributed by atoms with Crippen LogP contribution in [0.15, 0.2) is 0 Å². The topological polar surface area (TPSA) is 52.6 Å². The maximum Gasteiger partial charge on any atom is 0.238 e. The summed E-state index contributed by atoms with van der Waals surface area (Å²) in [6, 6.07) is -0.113. The van der Waals surface area contributed by atoms with Crippen molar-refractivity contribution < 1.29 is 9.90 Å². The molecular weight excluding hydrogens is 212 g/mol.